The second-order valence-electron chi connectivity index (χ2n) is 7.50. The zero-order valence-corrected chi connectivity index (χ0v) is 18.2. The second kappa shape index (κ2) is 7.97. The van der Waals surface area contributed by atoms with Crippen molar-refractivity contribution < 1.29 is 4.42 Å². The zero-order valence-electron chi connectivity index (χ0n) is 17.4. The first-order valence-electron chi connectivity index (χ1n) is 10.0. The van der Waals surface area contributed by atoms with Crippen LogP contribution in [-0.2, 0) is 0 Å². The van der Waals surface area contributed by atoms with Gasteiger partial charge in [0.15, 0.2) is 0 Å². The maximum Gasteiger partial charge on any atom is 0.264 e. The van der Waals surface area contributed by atoms with Crippen LogP contribution in [0, 0.1) is 6.57 Å². The van der Waals surface area contributed by atoms with Crippen LogP contribution in [0.5, 0.6) is 0 Å². The molecular weight excluding hydrogens is 440 g/mol. The van der Waals surface area contributed by atoms with E-state index in [9.17, 15) is 4.79 Å². The molecule has 2 aromatic carbocycles. The first-order chi connectivity index (χ1) is 16.0. The molecule has 9 heteroatoms. The van der Waals surface area contributed by atoms with E-state index in [0.717, 1.165) is 11.0 Å². The lowest BCUT2D eigenvalue weighted by Crippen LogP contribution is -2.26. The van der Waals surface area contributed by atoms with Crippen LogP contribution in [0.4, 0.5) is 17.5 Å². The van der Waals surface area contributed by atoms with E-state index in [0.29, 0.717) is 33.0 Å². The number of nitrogens with one attached hydrogen (secondary N) is 1. The Kier molecular flexibility index (Phi) is 4.96. The molecule has 0 aliphatic heterocycles. The Labute approximate surface area is 193 Å². The molecule has 0 fully saturated rings. The first-order valence-corrected chi connectivity index (χ1v) is 10.4. The van der Waals surface area contributed by atoms with E-state index in [1.54, 1.807) is 23.0 Å². The Balaban J connectivity index is 1.74. The molecule has 0 saturated carbocycles. The average Bonchev–Trinajstić information content (AvgIpc) is 3.27. The fourth-order valence-electron chi connectivity index (χ4n) is 3.87. The normalized spacial score (nSPS) is 12.0. The van der Waals surface area contributed by atoms with Gasteiger partial charge >= 0.3 is 0 Å². The van der Waals surface area contributed by atoms with Crippen LogP contribution in [0.1, 0.15) is 18.7 Å². The number of pyridine rings is 1. The largest absolute Gasteiger partial charge is 0.464 e. The number of nitrogens with zero attached hydrogens (tertiary/aromatic N) is 4. The minimum atomic E-state index is -0.420. The average molecular weight is 457 g/mol. The maximum atomic E-state index is 13.7. The smallest absolute Gasteiger partial charge is 0.264 e. The van der Waals surface area contributed by atoms with E-state index in [2.05, 4.69) is 20.1 Å². The van der Waals surface area contributed by atoms with Gasteiger partial charge in [0.2, 0.25) is 11.6 Å². The number of furan rings is 1. The minimum Gasteiger partial charge on any atom is -0.464 e. The van der Waals surface area contributed by atoms with Gasteiger partial charge in [-0.3, -0.25) is 9.36 Å². The number of benzene rings is 2. The highest BCUT2D eigenvalue weighted by molar-refractivity contribution is 6.35. The lowest BCUT2D eigenvalue weighted by molar-refractivity contribution is 0.616. The monoisotopic (exact) mass is 456 g/mol. The standard InChI is InChI=1S/C24H17ClN6O2/c1-13(29-22-18(27-2)12-28-24(26)30-22)19-11-15-4-3-5-17(25)21(15)23(32)31(19)16-6-7-20-14(10-16)8-9-33-20/h3-13H,1H3,(H3,26,28,29,30)/t13-/m0/s1. The third-order valence-electron chi connectivity index (χ3n) is 5.42. The number of aromatic nitrogens is 3. The Morgan fingerprint density at radius 1 is 1.21 bits per heavy atom. The number of nitrogens with two attached hydrogens (primary N) is 1. The molecule has 0 aliphatic rings. The van der Waals surface area contributed by atoms with E-state index in [1.807, 2.05) is 43.3 Å². The summed E-state index contributed by atoms with van der Waals surface area (Å²) < 4.78 is 7.06. The van der Waals surface area contributed by atoms with Crippen molar-refractivity contribution >= 4 is 50.8 Å². The van der Waals surface area contributed by atoms with Crippen molar-refractivity contribution in [2.75, 3.05) is 11.1 Å². The quantitative estimate of drug-likeness (QED) is 0.347. The number of halogens is 1. The SMILES string of the molecule is [C-]#[N+]c1cnc(N)nc1N[C@@H](C)c1cc2cccc(Cl)c2c(=O)n1-c1ccc2occc2c1. The molecule has 0 aliphatic carbocycles. The van der Waals surface area contributed by atoms with Crippen molar-refractivity contribution in [3.05, 3.63) is 93.5 Å². The van der Waals surface area contributed by atoms with Gasteiger partial charge in [-0.2, -0.15) is 0 Å². The highest BCUT2D eigenvalue weighted by Gasteiger charge is 2.20. The van der Waals surface area contributed by atoms with Crippen molar-refractivity contribution in [2.24, 2.45) is 0 Å². The molecule has 8 nitrogen and oxygen atoms in total. The Hall–Kier alpha value is -4.35. The van der Waals surface area contributed by atoms with Gasteiger partial charge in [-0.05, 0) is 48.7 Å². The molecule has 3 heterocycles. The Morgan fingerprint density at radius 3 is 2.88 bits per heavy atom. The number of nitrogen functional groups attached to an aromatic ring is 1. The molecule has 0 amide bonds. The number of hydrogen-bond donors (Lipinski definition) is 2. The third kappa shape index (κ3) is 3.54. The molecule has 0 radical (unpaired) electrons. The van der Waals surface area contributed by atoms with Crippen LogP contribution in [0.2, 0.25) is 5.02 Å². The summed E-state index contributed by atoms with van der Waals surface area (Å²) in [6.07, 6.45) is 2.97. The van der Waals surface area contributed by atoms with Crippen molar-refractivity contribution in [1.82, 2.24) is 14.5 Å². The summed E-state index contributed by atoms with van der Waals surface area (Å²) in [7, 11) is 0. The first kappa shape index (κ1) is 20.5. The number of fused-ring (bicyclic) bond motifs is 2. The Morgan fingerprint density at radius 2 is 2.06 bits per heavy atom. The molecule has 5 aromatic rings. The summed E-state index contributed by atoms with van der Waals surface area (Å²) in [6.45, 7) is 9.27. The molecule has 0 spiro atoms. The van der Waals surface area contributed by atoms with Gasteiger partial charge < -0.3 is 15.5 Å². The molecule has 0 saturated heterocycles. The van der Waals surface area contributed by atoms with Gasteiger partial charge in [-0.1, -0.05) is 23.7 Å². The molecule has 5 rings (SSSR count). The van der Waals surface area contributed by atoms with Crippen molar-refractivity contribution in [1.29, 1.82) is 0 Å². The van der Waals surface area contributed by atoms with Crippen molar-refractivity contribution in [3.8, 4) is 5.69 Å². The fraction of sp³-hybridized carbons (Fsp3) is 0.0833. The van der Waals surface area contributed by atoms with Crippen molar-refractivity contribution in [3.63, 3.8) is 0 Å². The molecule has 3 aromatic heterocycles. The topological polar surface area (TPSA) is 103 Å². The van der Waals surface area contributed by atoms with Crippen LogP contribution in [0.3, 0.4) is 0 Å². The van der Waals surface area contributed by atoms with E-state index in [-0.39, 0.29) is 17.2 Å². The molecular formula is C24H17ClN6O2. The number of anilines is 2. The third-order valence-corrected chi connectivity index (χ3v) is 5.74. The molecule has 33 heavy (non-hydrogen) atoms. The van der Waals surface area contributed by atoms with E-state index < -0.39 is 6.04 Å². The summed E-state index contributed by atoms with van der Waals surface area (Å²) in [6, 6.07) is 14.2. The van der Waals surface area contributed by atoms with E-state index in [4.69, 9.17) is 28.3 Å². The lowest BCUT2D eigenvalue weighted by Gasteiger charge is -2.22. The zero-order chi connectivity index (χ0) is 23.1. The van der Waals surface area contributed by atoms with E-state index >= 15 is 0 Å². The molecule has 1 atom stereocenters. The minimum absolute atomic E-state index is 0.0465. The van der Waals surface area contributed by atoms with Gasteiger partial charge in [-0.15, -0.1) is 0 Å². The molecule has 0 unspecified atom stereocenters. The maximum absolute atomic E-state index is 13.7. The predicted octanol–water partition coefficient (Wildman–Crippen LogP) is 5.49. The summed E-state index contributed by atoms with van der Waals surface area (Å²) in [5.74, 6) is 0.339. The number of hydrogen-bond acceptors (Lipinski definition) is 6. The van der Waals surface area contributed by atoms with Crippen molar-refractivity contribution in [2.45, 2.75) is 13.0 Å². The van der Waals surface area contributed by atoms with E-state index in [1.165, 1.54) is 6.20 Å². The van der Waals surface area contributed by atoms with Crippen LogP contribution in [0.15, 0.2) is 70.2 Å². The van der Waals surface area contributed by atoms with Gasteiger partial charge in [0.05, 0.1) is 29.3 Å². The Bertz CT molecular complexity index is 1630. The highest BCUT2D eigenvalue weighted by Crippen LogP contribution is 2.30. The lowest BCUT2D eigenvalue weighted by atomic mass is 10.1. The molecule has 162 valence electrons. The molecule has 3 N–H and O–H groups in total. The van der Waals surface area contributed by atoms with Crippen LogP contribution in [-0.4, -0.2) is 14.5 Å². The highest BCUT2D eigenvalue weighted by atomic mass is 35.5. The number of rotatable bonds is 4. The summed E-state index contributed by atoms with van der Waals surface area (Å²) >= 11 is 6.41. The van der Waals surface area contributed by atoms with Gasteiger partial charge in [0.25, 0.3) is 5.56 Å². The molecule has 0 bridgehead atoms. The fourth-order valence-corrected chi connectivity index (χ4v) is 4.14. The predicted molar refractivity (Wildman–Crippen MR) is 129 cm³/mol. The second-order valence-corrected chi connectivity index (χ2v) is 7.90. The summed E-state index contributed by atoms with van der Waals surface area (Å²) in [5, 5.41) is 5.59. The van der Waals surface area contributed by atoms with Gasteiger partial charge in [-0.25, -0.2) is 14.8 Å². The summed E-state index contributed by atoms with van der Waals surface area (Å²) in [5.41, 5.74) is 7.75. The summed E-state index contributed by atoms with van der Waals surface area (Å²) in [4.78, 5) is 25.2. The van der Waals surface area contributed by atoms with Crippen LogP contribution >= 0.6 is 11.6 Å². The van der Waals surface area contributed by atoms with Gasteiger partial charge in [0, 0.05) is 23.0 Å². The van der Waals surface area contributed by atoms with Crippen LogP contribution < -0.4 is 16.6 Å². The van der Waals surface area contributed by atoms with Crippen LogP contribution in [0.25, 0.3) is 32.3 Å². The van der Waals surface area contributed by atoms with Gasteiger partial charge in [0.1, 0.15) is 11.4 Å².